The Morgan fingerprint density at radius 3 is 2.74 bits per heavy atom. The Morgan fingerprint density at radius 2 is 2.00 bits per heavy atom. The summed E-state index contributed by atoms with van der Waals surface area (Å²) in [6.07, 6.45) is 3.19. The number of rotatable bonds is 4. The van der Waals surface area contributed by atoms with Crippen LogP contribution in [-0.2, 0) is 6.54 Å². The molecule has 0 atom stereocenters. The average molecular weight is 371 g/mol. The fourth-order valence-corrected chi connectivity index (χ4v) is 2.44. The van der Waals surface area contributed by atoms with E-state index < -0.39 is 5.91 Å². The van der Waals surface area contributed by atoms with Gasteiger partial charge in [0.2, 0.25) is 0 Å². The van der Waals surface area contributed by atoms with Gasteiger partial charge in [-0.25, -0.2) is 0 Å². The predicted molar refractivity (Wildman–Crippen MR) is 89.5 cm³/mol. The monoisotopic (exact) mass is 369 g/mol. The summed E-state index contributed by atoms with van der Waals surface area (Å²) < 4.78 is 7.12. The fraction of sp³-hybridized carbons (Fsp3) is 0.0667. The number of nitrogens with one attached hydrogen (secondary N) is 1. The fourth-order valence-electron chi connectivity index (χ4n) is 1.95. The van der Waals surface area contributed by atoms with Gasteiger partial charge in [0.25, 0.3) is 5.91 Å². The number of amides is 1. The molecule has 0 fully saturated rings. The quantitative estimate of drug-likeness (QED) is 0.722. The Morgan fingerprint density at radius 1 is 1.17 bits per heavy atom. The lowest BCUT2D eigenvalue weighted by atomic mass is 10.3. The number of anilines is 1. The zero-order chi connectivity index (χ0) is 16.4. The van der Waals surface area contributed by atoms with Crippen LogP contribution in [0.15, 0.2) is 47.1 Å². The number of hydrogen-bond donors (Lipinski definition) is 1. The van der Waals surface area contributed by atoms with Crippen molar-refractivity contribution in [2.75, 3.05) is 5.32 Å². The molecule has 0 aliphatic rings. The first-order valence-electron chi connectivity index (χ1n) is 6.54. The van der Waals surface area contributed by atoms with Crippen LogP contribution in [0.4, 0.5) is 5.69 Å². The van der Waals surface area contributed by atoms with Gasteiger partial charge >= 0.3 is 0 Å². The first-order chi connectivity index (χ1) is 11.0. The van der Waals surface area contributed by atoms with Crippen molar-refractivity contribution in [2.45, 2.75) is 6.54 Å². The van der Waals surface area contributed by atoms with Crippen LogP contribution >= 0.6 is 34.8 Å². The van der Waals surface area contributed by atoms with Gasteiger partial charge in [0.05, 0.1) is 28.5 Å². The molecule has 0 radical (unpaired) electrons. The third kappa shape index (κ3) is 3.88. The maximum atomic E-state index is 12.2. The number of nitrogens with zero attached hydrogens (tertiary/aromatic N) is 2. The first kappa shape index (κ1) is 15.9. The molecule has 3 aromatic rings. The van der Waals surface area contributed by atoms with E-state index in [9.17, 15) is 4.79 Å². The standard InChI is InChI=1S/C15H10Cl3N3O2/c16-9-1-3-12(18)13(5-9)20-15(22)14-4-2-11(23-14)8-21-7-10(17)6-19-21/h1-7H,8H2,(H,20,22). The van der Waals surface area contributed by atoms with Gasteiger partial charge in [0.1, 0.15) is 5.76 Å². The van der Waals surface area contributed by atoms with E-state index in [4.69, 9.17) is 39.2 Å². The number of carbonyl (C=O) groups is 1. The van der Waals surface area contributed by atoms with Crippen molar-refractivity contribution in [3.05, 3.63) is 69.3 Å². The van der Waals surface area contributed by atoms with Crippen LogP contribution in [0.25, 0.3) is 0 Å². The van der Waals surface area contributed by atoms with E-state index >= 15 is 0 Å². The highest BCUT2D eigenvalue weighted by molar-refractivity contribution is 6.35. The number of benzene rings is 1. The highest BCUT2D eigenvalue weighted by Crippen LogP contribution is 2.26. The van der Waals surface area contributed by atoms with Crippen LogP contribution in [0.2, 0.25) is 15.1 Å². The van der Waals surface area contributed by atoms with Gasteiger partial charge in [-0.15, -0.1) is 0 Å². The van der Waals surface area contributed by atoms with Crippen LogP contribution in [0, 0.1) is 0 Å². The zero-order valence-electron chi connectivity index (χ0n) is 11.6. The molecule has 1 N–H and O–H groups in total. The van der Waals surface area contributed by atoms with Crippen molar-refractivity contribution in [1.82, 2.24) is 9.78 Å². The summed E-state index contributed by atoms with van der Waals surface area (Å²) >= 11 is 17.7. The molecule has 2 heterocycles. The Labute approximate surface area is 146 Å². The van der Waals surface area contributed by atoms with Crippen molar-refractivity contribution in [3.63, 3.8) is 0 Å². The Balaban J connectivity index is 1.72. The number of carbonyl (C=O) groups excluding carboxylic acids is 1. The molecule has 1 amide bonds. The highest BCUT2D eigenvalue weighted by Gasteiger charge is 2.14. The average Bonchev–Trinajstić information content (AvgIpc) is 3.13. The lowest BCUT2D eigenvalue weighted by Gasteiger charge is -2.06. The Kier molecular flexibility index (Phi) is 4.61. The summed E-state index contributed by atoms with van der Waals surface area (Å²) in [6.45, 7) is 0.373. The van der Waals surface area contributed by atoms with Crippen molar-refractivity contribution in [3.8, 4) is 0 Å². The lowest BCUT2D eigenvalue weighted by molar-refractivity contribution is 0.0994. The van der Waals surface area contributed by atoms with Crippen molar-refractivity contribution < 1.29 is 9.21 Å². The molecular formula is C15H10Cl3N3O2. The van der Waals surface area contributed by atoms with E-state index in [0.29, 0.717) is 33.1 Å². The molecule has 0 spiro atoms. The van der Waals surface area contributed by atoms with Crippen LogP contribution in [0.1, 0.15) is 16.3 Å². The molecule has 0 unspecified atom stereocenters. The molecule has 0 bridgehead atoms. The molecule has 0 saturated heterocycles. The molecule has 1 aromatic carbocycles. The topological polar surface area (TPSA) is 60.1 Å². The zero-order valence-corrected chi connectivity index (χ0v) is 13.9. The first-order valence-corrected chi connectivity index (χ1v) is 7.68. The van der Waals surface area contributed by atoms with Crippen LogP contribution in [0.5, 0.6) is 0 Å². The molecule has 0 aliphatic heterocycles. The second kappa shape index (κ2) is 6.66. The largest absolute Gasteiger partial charge is 0.454 e. The maximum absolute atomic E-state index is 12.2. The van der Waals surface area contributed by atoms with Gasteiger partial charge in [-0.1, -0.05) is 34.8 Å². The van der Waals surface area contributed by atoms with Gasteiger partial charge < -0.3 is 9.73 Å². The Hall–Kier alpha value is -1.95. The van der Waals surface area contributed by atoms with E-state index in [0.717, 1.165) is 0 Å². The van der Waals surface area contributed by atoms with E-state index in [2.05, 4.69) is 10.4 Å². The minimum atomic E-state index is -0.418. The van der Waals surface area contributed by atoms with Crippen molar-refractivity contribution in [2.24, 2.45) is 0 Å². The van der Waals surface area contributed by atoms with Crippen LogP contribution in [-0.4, -0.2) is 15.7 Å². The van der Waals surface area contributed by atoms with Crippen molar-refractivity contribution >= 4 is 46.4 Å². The maximum Gasteiger partial charge on any atom is 0.291 e. The lowest BCUT2D eigenvalue weighted by Crippen LogP contribution is -2.11. The highest BCUT2D eigenvalue weighted by atomic mass is 35.5. The molecule has 2 aromatic heterocycles. The number of hydrogen-bond acceptors (Lipinski definition) is 3. The molecule has 0 aliphatic carbocycles. The molecule has 3 rings (SSSR count). The van der Waals surface area contributed by atoms with Gasteiger partial charge in [0, 0.05) is 11.2 Å². The molecule has 5 nitrogen and oxygen atoms in total. The molecule has 23 heavy (non-hydrogen) atoms. The van der Waals surface area contributed by atoms with Gasteiger partial charge in [-0.05, 0) is 30.3 Å². The summed E-state index contributed by atoms with van der Waals surface area (Å²) in [7, 11) is 0. The van der Waals surface area contributed by atoms with Gasteiger partial charge in [0.15, 0.2) is 5.76 Å². The summed E-state index contributed by atoms with van der Waals surface area (Å²) in [5.74, 6) is 0.320. The second-order valence-electron chi connectivity index (χ2n) is 4.70. The molecule has 118 valence electrons. The van der Waals surface area contributed by atoms with Crippen molar-refractivity contribution in [1.29, 1.82) is 0 Å². The summed E-state index contributed by atoms with van der Waals surface area (Å²) in [5, 5.41) is 8.10. The molecule has 8 heteroatoms. The van der Waals surface area contributed by atoms with E-state index in [1.807, 2.05) is 0 Å². The molecule has 0 saturated carbocycles. The summed E-state index contributed by atoms with van der Waals surface area (Å²) in [5.41, 5.74) is 0.418. The van der Waals surface area contributed by atoms with E-state index in [1.54, 1.807) is 41.2 Å². The number of halogens is 3. The minimum absolute atomic E-state index is 0.161. The van der Waals surface area contributed by atoms with Crippen LogP contribution < -0.4 is 5.32 Å². The van der Waals surface area contributed by atoms with Gasteiger partial charge in [-0.2, -0.15) is 5.10 Å². The van der Waals surface area contributed by atoms with E-state index in [-0.39, 0.29) is 5.76 Å². The number of furan rings is 1. The normalized spacial score (nSPS) is 10.7. The smallest absolute Gasteiger partial charge is 0.291 e. The third-order valence-electron chi connectivity index (χ3n) is 2.98. The second-order valence-corrected chi connectivity index (χ2v) is 5.98. The SMILES string of the molecule is O=C(Nc1cc(Cl)ccc1Cl)c1ccc(Cn2cc(Cl)cn2)o1. The Bertz CT molecular complexity index is 857. The molecular weight excluding hydrogens is 361 g/mol. The third-order valence-corrected chi connectivity index (χ3v) is 3.74. The number of aromatic nitrogens is 2. The van der Waals surface area contributed by atoms with Crippen LogP contribution in [0.3, 0.4) is 0 Å². The predicted octanol–water partition coefficient (Wildman–Crippen LogP) is 4.74. The van der Waals surface area contributed by atoms with Gasteiger partial charge in [-0.3, -0.25) is 9.48 Å². The van der Waals surface area contributed by atoms with E-state index in [1.165, 1.54) is 6.20 Å². The summed E-state index contributed by atoms with van der Waals surface area (Å²) in [4.78, 5) is 12.2. The minimum Gasteiger partial charge on any atom is -0.454 e. The summed E-state index contributed by atoms with van der Waals surface area (Å²) in [6, 6.07) is 8.09.